The van der Waals surface area contributed by atoms with Gasteiger partial charge in [-0.1, -0.05) is 0 Å². The Labute approximate surface area is 81.3 Å². The molecule has 1 aromatic heterocycles. The number of hydrogen-bond donors (Lipinski definition) is 3. The molecule has 1 amide bonds. The summed E-state index contributed by atoms with van der Waals surface area (Å²) in [5.41, 5.74) is 5.47. The van der Waals surface area contributed by atoms with E-state index in [1.54, 1.807) is 0 Å². The molecule has 1 aromatic rings. The summed E-state index contributed by atoms with van der Waals surface area (Å²) in [6.45, 7) is 0.275. The van der Waals surface area contributed by atoms with Gasteiger partial charge in [0, 0.05) is 6.42 Å². The number of H-pyrrole nitrogens is 1. The molecule has 0 fully saturated rings. The lowest BCUT2D eigenvalue weighted by Gasteiger charge is -2.07. The molecule has 1 rings (SSSR count). The van der Waals surface area contributed by atoms with Gasteiger partial charge in [0.25, 0.3) is 0 Å². The third-order valence-electron chi connectivity index (χ3n) is 1.57. The highest BCUT2D eigenvalue weighted by molar-refractivity contribution is 5.81. The van der Waals surface area contributed by atoms with Gasteiger partial charge in [-0.15, -0.1) is 12.3 Å². The van der Waals surface area contributed by atoms with Gasteiger partial charge in [0.05, 0.1) is 12.6 Å². The molecule has 0 aliphatic carbocycles. The van der Waals surface area contributed by atoms with Gasteiger partial charge >= 0.3 is 0 Å². The van der Waals surface area contributed by atoms with Gasteiger partial charge in [0.15, 0.2) is 0 Å². The van der Waals surface area contributed by atoms with Crippen LogP contribution < -0.4 is 11.1 Å². The van der Waals surface area contributed by atoms with Crippen molar-refractivity contribution in [2.75, 3.05) is 0 Å². The molecule has 1 unspecified atom stereocenters. The molecule has 1 heterocycles. The number of nitrogens with zero attached hydrogens (tertiary/aromatic N) is 2. The number of carbonyl (C=O) groups is 1. The quantitative estimate of drug-likeness (QED) is 0.522. The molecule has 0 saturated heterocycles. The van der Waals surface area contributed by atoms with Crippen LogP contribution in [-0.2, 0) is 11.3 Å². The van der Waals surface area contributed by atoms with Crippen LogP contribution in [0.4, 0.5) is 0 Å². The van der Waals surface area contributed by atoms with E-state index in [2.05, 4.69) is 26.4 Å². The topological polar surface area (TPSA) is 96.7 Å². The molecular formula is C8H11N5O. The summed E-state index contributed by atoms with van der Waals surface area (Å²) in [6, 6.07) is -0.664. The van der Waals surface area contributed by atoms with E-state index in [0.29, 0.717) is 5.82 Å². The van der Waals surface area contributed by atoms with Gasteiger partial charge in [-0.05, 0) is 0 Å². The van der Waals surface area contributed by atoms with Gasteiger partial charge < -0.3 is 11.1 Å². The molecule has 4 N–H and O–H groups in total. The fourth-order valence-electron chi connectivity index (χ4n) is 0.838. The van der Waals surface area contributed by atoms with Gasteiger partial charge in [0.1, 0.15) is 12.2 Å². The number of carbonyl (C=O) groups excluding carboxylic acids is 1. The number of nitrogens with two attached hydrogens (primary N) is 1. The second-order valence-corrected chi connectivity index (χ2v) is 2.66. The third kappa shape index (κ3) is 2.88. The highest BCUT2D eigenvalue weighted by Crippen LogP contribution is 1.88. The number of amides is 1. The average molecular weight is 193 g/mol. The van der Waals surface area contributed by atoms with Gasteiger partial charge in [-0.2, -0.15) is 5.10 Å². The molecule has 14 heavy (non-hydrogen) atoms. The number of rotatable bonds is 4. The Morgan fingerprint density at radius 3 is 3.21 bits per heavy atom. The second kappa shape index (κ2) is 4.99. The minimum atomic E-state index is -0.664. The van der Waals surface area contributed by atoms with Crippen molar-refractivity contribution in [2.45, 2.75) is 19.0 Å². The first kappa shape index (κ1) is 10.2. The van der Waals surface area contributed by atoms with E-state index in [1.807, 2.05) is 0 Å². The molecule has 0 bridgehead atoms. The molecule has 6 nitrogen and oxygen atoms in total. The molecule has 0 aliphatic rings. The van der Waals surface area contributed by atoms with Gasteiger partial charge in [0.2, 0.25) is 5.91 Å². The molecule has 1 atom stereocenters. The minimum Gasteiger partial charge on any atom is -0.347 e. The molecule has 0 saturated carbocycles. The highest BCUT2D eigenvalue weighted by atomic mass is 16.2. The van der Waals surface area contributed by atoms with E-state index in [0.717, 1.165) is 0 Å². The fourth-order valence-corrected chi connectivity index (χ4v) is 0.838. The van der Waals surface area contributed by atoms with Crippen molar-refractivity contribution in [3.8, 4) is 12.3 Å². The Hall–Kier alpha value is -1.87. The zero-order valence-electron chi connectivity index (χ0n) is 7.53. The van der Waals surface area contributed by atoms with E-state index < -0.39 is 6.04 Å². The summed E-state index contributed by atoms with van der Waals surface area (Å²) in [7, 11) is 0. The van der Waals surface area contributed by atoms with E-state index in [9.17, 15) is 4.79 Å². The van der Waals surface area contributed by atoms with Crippen LogP contribution in [0.5, 0.6) is 0 Å². The molecule has 0 aliphatic heterocycles. The van der Waals surface area contributed by atoms with Crippen LogP contribution in [0.2, 0.25) is 0 Å². The van der Waals surface area contributed by atoms with Crippen molar-refractivity contribution >= 4 is 5.91 Å². The van der Waals surface area contributed by atoms with Crippen LogP contribution >= 0.6 is 0 Å². The summed E-state index contributed by atoms with van der Waals surface area (Å²) >= 11 is 0. The first-order chi connectivity index (χ1) is 6.74. The Morgan fingerprint density at radius 2 is 2.64 bits per heavy atom. The van der Waals surface area contributed by atoms with Crippen LogP contribution in [0.3, 0.4) is 0 Å². The maximum atomic E-state index is 11.2. The lowest BCUT2D eigenvalue weighted by atomic mass is 10.2. The lowest BCUT2D eigenvalue weighted by molar-refractivity contribution is -0.122. The van der Waals surface area contributed by atoms with Crippen LogP contribution in [0.1, 0.15) is 12.2 Å². The zero-order chi connectivity index (χ0) is 10.4. The fraction of sp³-hybridized carbons (Fsp3) is 0.375. The maximum Gasteiger partial charge on any atom is 0.238 e. The number of aromatic amines is 1. The van der Waals surface area contributed by atoms with E-state index in [-0.39, 0.29) is 18.9 Å². The van der Waals surface area contributed by atoms with Gasteiger partial charge in [-0.3, -0.25) is 9.89 Å². The Morgan fingerprint density at radius 1 is 1.86 bits per heavy atom. The highest BCUT2D eigenvalue weighted by Gasteiger charge is 2.11. The van der Waals surface area contributed by atoms with Crippen molar-refractivity contribution in [3.05, 3.63) is 12.2 Å². The normalized spacial score (nSPS) is 11.7. The second-order valence-electron chi connectivity index (χ2n) is 2.66. The lowest BCUT2D eigenvalue weighted by Crippen LogP contribution is -2.40. The van der Waals surface area contributed by atoms with Crippen molar-refractivity contribution < 1.29 is 4.79 Å². The first-order valence-corrected chi connectivity index (χ1v) is 4.05. The van der Waals surface area contributed by atoms with Gasteiger partial charge in [-0.25, -0.2) is 4.98 Å². The Kier molecular flexibility index (Phi) is 3.64. The third-order valence-corrected chi connectivity index (χ3v) is 1.57. The van der Waals surface area contributed by atoms with E-state index >= 15 is 0 Å². The number of terminal acetylenes is 1. The Bertz CT molecular complexity index is 326. The molecule has 0 aromatic carbocycles. The van der Waals surface area contributed by atoms with Crippen molar-refractivity contribution in [1.29, 1.82) is 0 Å². The standard InChI is InChI=1S/C8H11N5O/c1-2-3-6(9)8(14)10-4-7-11-5-12-13-7/h1,5-6H,3-4,9H2,(H,10,14)(H,11,12,13). The molecular weight excluding hydrogens is 182 g/mol. The van der Waals surface area contributed by atoms with Crippen molar-refractivity contribution in [2.24, 2.45) is 5.73 Å². The molecule has 0 spiro atoms. The summed E-state index contributed by atoms with van der Waals surface area (Å²) < 4.78 is 0. The maximum absolute atomic E-state index is 11.2. The van der Waals surface area contributed by atoms with Crippen LogP contribution in [0.15, 0.2) is 6.33 Å². The smallest absolute Gasteiger partial charge is 0.238 e. The minimum absolute atomic E-state index is 0.224. The predicted octanol–water partition coefficient (Wildman–Crippen LogP) is -1.23. The monoisotopic (exact) mass is 193 g/mol. The van der Waals surface area contributed by atoms with Crippen LogP contribution in [-0.4, -0.2) is 27.1 Å². The molecule has 74 valence electrons. The average Bonchev–Trinajstić information content (AvgIpc) is 2.67. The summed E-state index contributed by atoms with van der Waals surface area (Å²) in [6.07, 6.45) is 6.61. The SMILES string of the molecule is C#CCC(N)C(=O)NCc1ncn[nH]1. The number of nitrogens with one attached hydrogen (secondary N) is 2. The van der Waals surface area contributed by atoms with E-state index in [1.165, 1.54) is 6.33 Å². The number of hydrogen-bond acceptors (Lipinski definition) is 4. The Balaban J connectivity index is 2.32. The zero-order valence-corrected chi connectivity index (χ0v) is 7.53. The van der Waals surface area contributed by atoms with Crippen LogP contribution in [0.25, 0.3) is 0 Å². The predicted molar refractivity (Wildman–Crippen MR) is 49.7 cm³/mol. The summed E-state index contributed by atoms with van der Waals surface area (Å²) in [5, 5.41) is 8.81. The first-order valence-electron chi connectivity index (χ1n) is 4.05. The summed E-state index contributed by atoms with van der Waals surface area (Å²) in [4.78, 5) is 15.1. The number of aromatic nitrogens is 3. The molecule has 6 heteroatoms. The van der Waals surface area contributed by atoms with Crippen molar-refractivity contribution in [3.63, 3.8) is 0 Å². The van der Waals surface area contributed by atoms with Crippen molar-refractivity contribution in [1.82, 2.24) is 20.5 Å². The van der Waals surface area contributed by atoms with E-state index in [4.69, 9.17) is 12.2 Å². The molecule has 0 radical (unpaired) electrons. The summed E-state index contributed by atoms with van der Waals surface area (Å²) in [5.74, 6) is 2.60. The van der Waals surface area contributed by atoms with Crippen LogP contribution in [0, 0.1) is 12.3 Å². The largest absolute Gasteiger partial charge is 0.347 e.